The summed E-state index contributed by atoms with van der Waals surface area (Å²) < 4.78 is 28.8. The van der Waals surface area contributed by atoms with Crippen molar-refractivity contribution in [2.45, 2.75) is 77.4 Å². The minimum atomic E-state index is -0.628. The quantitative estimate of drug-likeness (QED) is 0.445. The van der Waals surface area contributed by atoms with E-state index >= 15 is 0 Å². The van der Waals surface area contributed by atoms with Crippen LogP contribution in [0.3, 0.4) is 0 Å². The summed E-state index contributed by atoms with van der Waals surface area (Å²) in [4.78, 5) is 27.2. The third-order valence-corrected chi connectivity index (χ3v) is 7.54. The maximum Gasteiger partial charge on any atom is 0.336 e. The van der Waals surface area contributed by atoms with Crippen LogP contribution < -0.4 is 14.8 Å². The molecule has 208 valence electrons. The maximum atomic E-state index is 13.8. The van der Waals surface area contributed by atoms with Gasteiger partial charge in [0.2, 0.25) is 0 Å². The molecule has 8 heteroatoms. The molecule has 3 unspecified atom stereocenters. The van der Waals surface area contributed by atoms with Crippen LogP contribution >= 0.6 is 0 Å². The molecule has 1 aromatic heterocycles. The second kappa shape index (κ2) is 11.3. The molecule has 5 rings (SSSR count). The molecule has 2 aliphatic heterocycles. The van der Waals surface area contributed by atoms with Crippen LogP contribution in [-0.2, 0) is 19.1 Å². The molecule has 0 amide bonds. The van der Waals surface area contributed by atoms with Gasteiger partial charge >= 0.3 is 5.97 Å². The summed E-state index contributed by atoms with van der Waals surface area (Å²) in [5, 5.41) is 3.39. The first-order valence-electron chi connectivity index (χ1n) is 13.7. The molecule has 0 saturated carbocycles. The first-order valence-corrected chi connectivity index (χ1v) is 13.7. The topological polar surface area (TPSA) is 96.2 Å². The molecule has 3 aliphatic rings. The van der Waals surface area contributed by atoms with Crippen molar-refractivity contribution >= 4 is 11.8 Å². The van der Waals surface area contributed by atoms with Crippen molar-refractivity contribution in [3.8, 4) is 11.5 Å². The van der Waals surface area contributed by atoms with Crippen LogP contribution in [-0.4, -0.2) is 44.3 Å². The van der Waals surface area contributed by atoms with Gasteiger partial charge in [0, 0.05) is 30.0 Å². The fraction of sp³-hybridized carbons (Fsp3) is 0.484. The number of Topliss-reactive ketones (excluding diaryl/α,β-unsaturated/α-hetero) is 1. The van der Waals surface area contributed by atoms with E-state index in [0.717, 1.165) is 24.1 Å². The van der Waals surface area contributed by atoms with Crippen molar-refractivity contribution in [3.63, 3.8) is 0 Å². The Hall–Kier alpha value is -3.52. The van der Waals surface area contributed by atoms with Crippen molar-refractivity contribution in [2.24, 2.45) is 0 Å². The number of carbonyl (C=O) groups is 2. The van der Waals surface area contributed by atoms with Gasteiger partial charge in [-0.2, -0.15) is 0 Å². The number of hydrogen-bond acceptors (Lipinski definition) is 8. The van der Waals surface area contributed by atoms with Gasteiger partial charge in [-0.3, -0.25) is 4.79 Å². The van der Waals surface area contributed by atoms with E-state index in [0.29, 0.717) is 59.3 Å². The Kier molecular flexibility index (Phi) is 7.84. The zero-order valence-corrected chi connectivity index (χ0v) is 23.3. The summed E-state index contributed by atoms with van der Waals surface area (Å²) in [6.07, 6.45) is 2.68. The molecular formula is C31H37NO7. The van der Waals surface area contributed by atoms with Gasteiger partial charge in [0.05, 0.1) is 30.8 Å². The second-order valence-electron chi connectivity index (χ2n) is 10.8. The standard InChI is InChI=1S/C31H37NO7/c1-17(2)38-25-11-9-20(15-27(25)35-5)21-13-23-29(24(33)14-21)30(26-10-8-18(3)39-26)28(19(4)32-23)31(34)37-16-22-7-6-12-36-22/h8-11,15,17,21-22,30,32H,6-7,12-14,16H2,1-5H3. The Balaban J connectivity index is 1.45. The van der Waals surface area contributed by atoms with E-state index in [1.54, 1.807) is 7.11 Å². The SMILES string of the molecule is COc1cc(C2CC(=O)C3=C(C2)NC(C)=C(C(=O)OCC2CCCO2)C3c2ccc(C)o2)ccc1OC(C)C. The maximum absolute atomic E-state index is 13.8. The minimum absolute atomic E-state index is 0.0173. The molecule has 39 heavy (non-hydrogen) atoms. The normalized spacial score (nSPS) is 23.1. The average Bonchev–Trinajstić information content (AvgIpc) is 3.58. The largest absolute Gasteiger partial charge is 0.493 e. The van der Waals surface area contributed by atoms with Crippen LogP contribution in [0.25, 0.3) is 0 Å². The van der Waals surface area contributed by atoms with E-state index < -0.39 is 11.9 Å². The third kappa shape index (κ3) is 5.62. The van der Waals surface area contributed by atoms with Crippen LogP contribution in [0.1, 0.15) is 75.4 Å². The number of carbonyl (C=O) groups excluding carboxylic acids is 2. The number of rotatable bonds is 8. The molecule has 2 aromatic rings. The molecular weight excluding hydrogens is 498 g/mol. The Morgan fingerprint density at radius 1 is 1.13 bits per heavy atom. The number of hydrogen-bond donors (Lipinski definition) is 1. The zero-order chi connectivity index (χ0) is 27.7. The highest BCUT2D eigenvalue weighted by molar-refractivity contribution is 6.04. The summed E-state index contributed by atoms with van der Waals surface area (Å²) >= 11 is 0. The summed E-state index contributed by atoms with van der Waals surface area (Å²) in [5.74, 6) is 1.43. The van der Waals surface area contributed by atoms with Crippen molar-refractivity contribution < 1.29 is 33.0 Å². The lowest BCUT2D eigenvalue weighted by molar-refractivity contribution is -0.142. The predicted molar refractivity (Wildman–Crippen MR) is 145 cm³/mol. The summed E-state index contributed by atoms with van der Waals surface area (Å²) in [6, 6.07) is 9.54. The van der Waals surface area contributed by atoms with Gasteiger partial charge in [-0.05, 0) is 82.7 Å². The Labute approximate surface area is 229 Å². The van der Waals surface area contributed by atoms with Crippen molar-refractivity contribution in [2.75, 3.05) is 20.3 Å². The third-order valence-electron chi connectivity index (χ3n) is 7.54. The van der Waals surface area contributed by atoms with Gasteiger partial charge < -0.3 is 28.7 Å². The fourth-order valence-electron chi connectivity index (χ4n) is 5.75. The van der Waals surface area contributed by atoms with E-state index in [2.05, 4.69) is 5.32 Å². The summed E-state index contributed by atoms with van der Waals surface area (Å²) in [5.41, 5.74) is 3.45. The molecule has 8 nitrogen and oxygen atoms in total. The van der Waals surface area contributed by atoms with Crippen LogP contribution in [0.4, 0.5) is 0 Å². The molecule has 1 aromatic carbocycles. The first-order chi connectivity index (χ1) is 18.7. The van der Waals surface area contributed by atoms with Gasteiger partial charge in [-0.1, -0.05) is 6.07 Å². The number of furan rings is 1. The number of benzene rings is 1. The second-order valence-corrected chi connectivity index (χ2v) is 10.8. The number of allylic oxidation sites excluding steroid dienone is 3. The van der Waals surface area contributed by atoms with Crippen molar-refractivity contribution in [3.05, 3.63) is 70.0 Å². The highest BCUT2D eigenvalue weighted by atomic mass is 16.6. The number of methoxy groups -OCH3 is 1. The molecule has 3 heterocycles. The van der Waals surface area contributed by atoms with E-state index in [-0.39, 0.29) is 30.5 Å². The lowest BCUT2D eigenvalue weighted by Gasteiger charge is -2.36. The van der Waals surface area contributed by atoms with E-state index in [1.165, 1.54) is 0 Å². The number of ketones is 1. The van der Waals surface area contributed by atoms with Crippen molar-refractivity contribution in [1.82, 2.24) is 5.32 Å². The number of dihydropyridines is 1. The molecule has 0 spiro atoms. The van der Waals surface area contributed by atoms with E-state index in [4.69, 9.17) is 23.4 Å². The van der Waals surface area contributed by atoms with Gasteiger partial charge in [0.1, 0.15) is 18.1 Å². The molecule has 1 saturated heterocycles. The minimum Gasteiger partial charge on any atom is -0.493 e. The number of aryl methyl sites for hydroxylation is 1. The van der Waals surface area contributed by atoms with Gasteiger partial charge in [0.15, 0.2) is 17.3 Å². The molecule has 1 aliphatic carbocycles. The van der Waals surface area contributed by atoms with Crippen molar-refractivity contribution in [1.29, 1.82) is 0 Å². The lowest BCUT2D eigenvalue weighted by atomic mass is 9.73. The van der Waals surface area contributed by atoms with Crippen LogP contribution in [0, 0.1) is 6.92 Å². The first kappa shape index (κ1) is 27.1. The molecule has 0 radical (unpaired) electrons. The number of ether oxygens (including phenoxy) is 4. The van der Waals surface area contributed by atoms with E-state index in [1.807, 2.05) is 58.0 Å². The van der Waals surface area contributed by atoms with Crippen LogP contribution in [0.15, 0.2) is 57.3 Å². The monoisotopic (exact) mass is 535 g/mol. The summed E-state index contributed by atoms with van der Waals surface area (Å²) in [6.45, 7) is 8.52. The molecule has 3 atom stereocenters. The highest BCUT2D eigenvalue weighted by Gasteiger charge is 2.43. The summed E-state index contributed by atoms with van der Waals surface area (Å²) in [7, 11) is 1.62. The van der Waals surface area contributed by atoms with E-state index in [9.17, 15) is 9.59 Å². The lowest BCUT2D eigenvalue weighted by Crippen LogP contribution is -2.36. The smallest absolute Gasteiger partial charge is 0.336 e. The molecule has 0 bridgehead atoms. The number of nitrogens with one attached hydrogen (secondary N) is 1. The highest BCUT2D eigenvalue weighted by Crippen LogP contribution is 2.47. The average molecular weight is 536 g/mol. The zero-order valence-electron chi connectivity index (χ0n) is 23.3. The molecule has 1 N–H and O–H groups in total. The van der Waals surface area contributed by atoms with Gasteiger partial charge in [-0.25, -0.2) is 4.79 Å². The van der Waals surface area contributed by atoms with Crippen LogP contribution in [0.2, 0.25) is 0 Å². The number of esters is 1. The van der Waals surface area contributed by atoms with Crippen LogP contribution in [0.5, 0.6) is 11.5 Å². The predicted octanol–water partition coefficient (Wildman–Crippen LogP) is 5.47. The Bertz CT molecular complexity index is 1310. The fourth-order valence-corrected chi connectivity index (χ4v) is 5.75. The Morgan fingerprint density at radius 3 is 2.62 bits per heavy atom. The van der Waals surface area contributed by atoms with Gasteiger partial charge in [0.25, 0.3) is 0 Å². The molecule has 1 fully saturated rings. The Morgan fingerprint density at radius 2 is 1.95 bits per heavy atom. The van der Waals surface area contributed by atoms with Gasteiger partial charge in [-0.15, -0.1) is 0 Å².